The van der Waals surface area contributed by atoms with E-state index in [4.69, 9.17) is 5.73 Å². The van der Waals surface area contributed by atoms with Crippen LogP contribution in [0.25, 0.3) is 0 Å². The van der Waals surface area contributed by atoms with Crippen LogP contribution >= 0.6 is 0 Å². The van der Waals surface area contributed by atoms with Gasteiger partial charge in [0.15, 0.2) is 5.78 Å². The zero-order valence-electron chi connectivity index (χ0n) is 16.3. The Labute approximate surface area is 162 Å². The maximum Gasteiger partial charge on any atom is 0.332 e. The van der Waals surface area contributed by atoms with Gasteiger partial charge in [-0.1, -0.05) is 12.1 Å². The van der Waals surface area contributed by atoms with Gasteiger partial charge >= 0.3 is 5.69 Å². The van der Waals surface area contributed by atoms with Crippen LogP contribution in [0.5, 0.6) is 5.75 Å². The number of nitrogens with zero attached hydrogens (tertiary/aromatic N) is 4. The van der Waals surface area contributed by atoms with Crippen molar-refractivity contribution in [3.05, 3.63) is 50.7 Å². The fraction of sp³-hybridized carbons (Fsp3) is 0.421. The molecule has 150 valence electrons. The Morgan fingerprint density at radius 2 is 1.68 bits per heavy atom. The summed E-state index contributed by atoms with van der Waals surface area (Å²) in [4.78, 5) is 41.4. The Balaban J connectivity index is 1.79. The molecule has 2 heterocycles. The number of Topliss-reactive ketones (excluding diaryl/α,β-unsaturated/α-hetero) is 1. The lowest BCUT2D eigenvalue weighted by Gasteiger charge is -2.38. The molecule has 0 bridgehead atoms. The summed E-state index contributed by atoms with van der Waals surface area (Å²) in [5, 5.41) is 10.0. The summed E-state index contributed by atoms with van der Waals surface area (Å²) in [7, 11) is 2.76. The Bertz CT molecular complexity index is 1020. The van der Waals surface area contributed by atoms with Crippen molar-refractivity contribution in [1.82, 2.24) is 14.0 Å². The highest BCUT2D eigenvalue weighted by Gasteiger charge is 2.30. The molecular weight excluding hydrogens is 362 g/mol. The molecule has 28 heavy (non-hydrogen) atoms. The van der Waals surface area contributed by atoms with Crippen LogP contribution in [0.2, 0.25) is 0 Å². The lowest BCUT2D eigenvalue weighted by molar-refractivity contribution is 0.0827. The molecule has 1 atom stereocenters. The largest absolute Gasteiger partial charge is 0.506 e. The van der Waals surface area contributed by atoms with E-state index >= 15 is 0 Å². The van der Waals surface area contributed by atoms with Crippen molar-refractivity contribution in [1.29, 1.82) is 0 Å². The number of rotatable bonds is 4. The van der Waals surface area contributed by atoms with Crippen LogP contribution in [-0.2, 0) is 14.1 Å². The van der Waals surface area contributed by atoms with Crippen LogP contribution in [0.3, 0.4) is 0 Å². The van der Waals surface area contributed by atoms with Gasteiger partial charge in [-0.3, -0.25) is 23.6 Å². The number of carbonyl (C=O) groups excluding carboxylic acids is 1. The lowest BCUT2D eigenvalue weighted by atomic mass is 10.0. The number of aromatic hydroxyl groups is 1. The van der Waals surface area contributed by atoms with Gasteiger partial charge in [-0.25, -0.2) is 4.79 Å². The number of benzene rings is 1. The van der Waals surface area contributed by atoms with Crippen molar-refractivity contribution in [2.24, 2.45) is 14.1 Å². The van der Waals surface area contributed by atoms with Crippen molar-refractivity contribution in [3.63, 3.8) is 0 Å². The van der Waals surface area contributed by atoms with Crippen LogP contribution in [0.4, 0.5) is 11.5 Å². The lowest BCUT2D eigenvalue weighted by Crippen LogP contribution is -2.53. The topological polar surface area (TPSA) is 114 Å². The van der Waals surface area contributed by atoms with E-state index in [1.54, 1.807) is 19.1 Å². The van der Waals surface area contributed by atoms with Gasteiger partial charge in [-0.05, 0) is 19.1 Å². The van der Waals surface area contributed by atoms with Crippen LogP contribution in [0.1, 0.15) is 17.3 Å². The number of aromatic nitrogens is 2. The molecule has 0 amide bonds. The number of hydrogen-bond acceptors (Lipinski definition) is 7. The van der Waals surface area contributed by atoms with Gasteiger partial charge < -0.3 is 15.7 Å². The first-order valence-electron chi connectivity index (χ1n) is 9.10. The second kappa shape index (κ2) is 7.51. The quantitative estimate of drug-likeness (QED) is 0.696. The number of nitrogens with two attached hydrogens (primary N) is 1. The minimum atomic E-state index is -0.676. The molecule has 0 spiro atoms. The molecule has 0 aliphatic carbocycles. The van der Waals surface area contributed by atoms with Crippen molar-refractivity contribution >= 4 is 17.3 Å². The summed E-state index contributed by atoms with van der Waals surface area (Å²) in [6, 6.07) is 6.58. The fourth-order valence-electron chi connectivity index (χ4n) is 3.55. The van der Waals surface area contributed by atoms with Crippen LogP contribution in [0.15, 0.2) is 33.9 Å². The third-order valence-electron chi connectivity index (χ3n) is 5.42. The molecule has 2 aromatic rings. The second-order valence-electron chi connectivity index (χ2n) is 7.02. The highest BCUT2D eigenvalue weighted by Crippen LogP contribution is 2.27. The van der Waals surface area contributed by atoms with Gasteiger partial charge in [0.05, 0.1) is 11.7 Å². The number of piperazine rings is 1. The molecule has 9 heteroatoms. The number of hydrogen-bond donors (Lipinski definition) is 2. The number of para-hydroxylation sites is 2. The molecule has 1 saturated heterocycles. The first kappa shape index (κ1) is 19.7. The summed E-state index contributed by atoms with van der Waals surface area (Å²) >= 11 is 0. The van der Waals surface area contributed by atoms with E-state index in [1.165, 1.54) is 14.1 Å². The zero-order valence-corrected chi connectivity index (χ0v) is 16.3. The monoisotopic (exact) mass is 387 g/mol. The molecule has 1 aromatic carbocycles. The Hall–Kier alpha value is -3.07. The maximum atomic E-state index is 13.0. The van der Waals surface area contributed by atoms with Crippen molar-refractivity contribution in [3.8, 4) is 5.75 Å². The molecule has 1 aliphatic heterocycles. The molecule has 3 N–H and O–H groups in total. The van der Waals surface area contributed by atoms with Gasteiger partial charge in [0.25, 0.3) is 5.56 Å². The molecule has 1 fully saturated rings. The average molecular weight is 387 g/mol. The van der Waals surface area contributed by atoms with Gasteiger partial charge in [-0.15, -0.1) is 0 Å². The molecular formula is C19H25N5O4. The zero-order chi connectivity index (χ0) is 20.6. The number of nitrogen functional groups attached to an aromatic ring is 1. The number of phenolic OH excluding ortho intramolecular Hbond substituents is 1. The van der Waals surface area contributed by atoms with E-state index in [0.29, 0.717) is 26.2 Å². The Kier molecular flexibility index (Phi) is 5.28. The van der Waals surface area contributed by atoms with Crippen LogP contribution < -0.4 is 21.9 Å². The van der Waals surface area contributed by atoms with Gasteiger partial charge in [0, 0.05) is 40.3 Å². The summed E-state index contributed by atoms with van der Waals surface area (Å²) in [6.07, 6.45) is 0. The minimum Gasteiger partial charge on any atom is -0.506 e. The number of ketones is 1. The molecule has 1 aliphatic rings. The average Bonchev–Trinajstić information content (AvgIpc) is 2.71. The first-order valence-corrected chi connectivity index (χ1v) is 9.10. The molecule has 3 rings (SSSR count). The number of phenols is 1. The molecule has 9 nitrogen and oxygen atoms in total. The fourth-order valence-corrected chi connectivity index (χ4v) is 3.55. The van der Waals surface area contributed by atoms with Gasteiger partial charge in [0.1, 0.15) is 17.1 Å². The summed E-state index contributed by atoms with van der Waals surface area (Å²) < 4.78 is 2.00. The van der Waals surface area contributed by atoms with E-state index in [1.807, 2.05) is 17.0 Å². The predicted octanol–water partition coefficient (Wildman–Crippen LogP) is -0.235. The van der Waals surface area contributed by atoms with Crippen LogP contribution in [-0.4, -0.2) is 57.1 Å². The number of carbonyl (C=O) groups is 1. The smallest absolute Gasteiger partial charge is 0.332 e. The maximum absolute atomic E-state index is 13.0. The van der Waals surface area contributed by atoms with Crippen molar-refractivity contribution < 1.29 is 9.90 Å². The third kappa shape index (κ3) is 3.29. The van der Waals surface area contributed by atoms with E-state index in [9.17, 15) is 19.5 Å². The molecule has 1 aromatic heterocycles. The standard InChI is InChI=1S/C19H25N5O4/c1-12(16(26)15-17(20)21(2)19(28)22(3)18(15)27)23-8-10-24(11-9-23)13-6-4-5-7-14(13)25/h4-7,12,25H,8-11,20H2,1-3H3. The van der Waals surface area contributed by atoms with Crippen LogP contribution in [0, 0.1) is 0 Å². The molecule has 1 unspecified atom stereocenters. The van der Waals surface area contributed by atoms with Gasteiger partial charge in [-0.2, -0.15) is 0 Å². The van der Waals surface area contributed by atoms with E-state index in [-0.39, 0.29) is 17.1 Å². The van der Waals surface area contributed by atoms with Gasteiger partial charge in [0.2, 0.25) is 0 Å². The molecule has 0 saturated carbocycles. The highest BCUT2D eigenvalue weighted by molar-refractivity contribution is 6.03. The van der Waals surface area contributed by atoms with Crippen molar-refractivity contribution in [2.45, 2.75) is 13.0 Å². The summed E-state index contributed by atoms with van der Waals surface area (Å²) in [6.45, 7) is 4.19. The van der Waals surface area contributed by atoms with E-state index in [0.717, 1.165) is 14.8 Å². The third-order valence-corrected chi connectivity index (χ3v) is 5.42. The molecule has 0 radical (unpaired) electrons. The SMILES string of the molecule is CC(C(=O)c1c(N)n(C)c(=O)n(C)c1=O)N1CCN(c2ccccc2O)CC1. The summed E-state index contributed by atoms with van der Waals surface area (Å²) in [5.74, 6) is -0.288. The highest BCUT2D eigenvalue weighted by atomic mass is 16.3. The number of anilines is 2. The predicted molar refractivity (Wildman–Crippen MR) is 107 cm³/mol. The summed E-state index contributed by atoms with van der Waals surface area (Å²) in [5.41, 5.74) is 5.28. The first-order chi connectivity index (χ1) is 13.2. The second-order valence-corrected chi connectivity index (χ2v) is 7.02. The van der Waals surface area contributed by atoms with Crippen molar-refractivity contribution in [2.75, 3.05) is 36.8 Å². The van der Waals surface area contributed by atoms with E-state index < -0.39 is 23.1 Å². The normalized spacial score (nSPS) is 16.2. The minimum absolute atomic E-state index is 0.113. The Morgan fingerprint density at radius 3 is 2.29 bits per heavy atom. The Morgan fingerprint density at radius 1 is 1.07 bits per heavy atom. The van der Waals surface area contributed by atoms with E-state index in [2.05, 4.69) is 4.90 Å².